The largest absolute Gasteiger partial charge is 0.480 e. The van der Waals surface area contributed by atoms with E-state index >= 15 is 0 Å². The van der Waals surface area contributed by atoms with Crippen molar-refractivity contribution in [2.75, 3.05) is 19.6 Å². The van der Waals surface area contributed by atoms with Gasteiger partial charge in [-0.1, -0.05) is 0 Å². The number of nitrogens with zero attached hydrogens (tertiary/aromatic N) is 1. The summed E-state index contributed by atoms with van der Waals surface area (Å²) in [6, 6.07) is 0. The molecule has 0 saturated heterocycles. The Kier molecular flexibility index (Phi) is 4.38. The van der Waals surface area contributed by atoms with Crippen LogP contribution >= 0.6 is 0 Å². The molecule has 3 nitrogen and oxygen atoms in total. The van der Waals surface area contributed by atoms with Gasteiger partial charge < -0.3 is 5.11 Å². The van der Waals surface area contributed by atoms with Gasteiger partial charge in [-0.15, -0.1) is 0 Å². The van der Waals surface area contributed by atoms with E-state index in [0.29, 0.717) is 0 Å². The SMILES string of the molecule is O=C(O)CN(CC(F)(F)F)CC(F)(F)F. The summed E-state index contributed by atoms with van der Waals surface area (Å²) < 4.78 is 70.4. The molecule has 0 aliphatic carbocycles. The summed E-state index contributed by atoms with van der Waals surface area (Å²) in [5.74, 6) is -1.75. The van der Waals surface area contributed by atoms with E-state index < -0.39 is 38.0 Å². The highest BCUT2D eigenvalue weighted by atomic mass is 19.4. The number of carbonyl (C=O) groups is 1. The number of aliphatic carboxylic acids is 1. The molecule has 0 aliphatic rings. The number of alkyl halides is 6. The lowest BCUT2D eigenvalue weighted by atomic mass is 10.4. The third kappa shape index (κ3) is 9.32. The van der Waals surface area contributed by atoms with E-state index in [-0.39, 0.29) is 4.90 Å². The molecule has 9 heteroatoms. The van der Waals surface area contributed by atoms with Crippen molar-refractivity contribution in [2.45, 2.75) is 12.4 Å². The first-order valence-electron chi connectivity index (χ1n) is 3.57. The molecule has 15 heavy (non-hydrogen) atoms. The Labute approximate surface area is 80.3 Å². The van der Waals surface area contributed by atoms with E-state index in [1.807, 2.05) is 0 Å². The van der Waals surface area contributed by atoms with Crippen molar-refractivity contribution in [1.82, 2.24) is 4.90 Å². The number of hydrogen-bond acceptors (Lipinski definition) is 2. The van der Waals surface area contributed by atoms with Gasteiger partial charge in [0, 0.05) is 0 Å². The van der Waals surface area contributed by atoms with E-state index in [4.69, 9.17) is 5.11 Å². The van der Waals surface area contributed by atoms with Crippen molar-refractivity contribution in [3.8, 4) is 0 Å². The quantitative estimate of drug-likeness (QED) is 0.756. The standard InChI is InChI=1S/C6H7F6NO2/c7-5(8,9)2-13(1-4(14)15)3-6(10,11)12/h1-3H2,(H,14,15). The highest BCUT2D eigenvalue weighted by molar-refractivity contribution is 5.69. The first kappa shape index (κ1) is 14.0. The molecule has 0 radical (unpaired) electrons. The normalized spacial score (nSPS) is 13.3. The second-order valence-corrected chi connectivity index (χ2v) is 2.77. The zero-order chi connectivity index (χ0) is 12.3. The lowest BCUT2D eigenvalue weighted by Gasteiger charge is -2.22. The molecule has 1 N–H and O–H groups in total. The van der Waals surface area contributed by atoms with Gasteiger partial charge >= 0.3 is 18.3 Å². The number of hydrogen-bond donors (Lipinski definition) is 1. The van der Waals surface area contributed by atoms with Crippen molar-refractivity contribution in [3.63, 3.8) is 0 Å². The zero-order valence-electron chi connectivity index (χ0n) is 7.19. The maximum Gasteiger partial charge on any atom is 0.401 e. The number of carboxylic acids is 1. The second kappa shape index (κ2) is 4.69. The zero-order valence-corrected chi connectivity index (χ0v) is 7.19. The molecule has 0 aromatic rings. The third-order valence-electron chi connectivity index (χ3n) is 1.16. The first-order chi connectivity index (χ1) is 6.49. The molecule has 0 aromatic carbocycles. The van der Waals surface area contributed by atoms with Gasteiger partial charge in [0.05, 0.1) is 19.6 Å². The molecule has 0 atom stereocenters. The van der Waals surface area contributed by atoms with Crippen LogP contribution in [-0.4, -0.2) is 48.0 Å². The van der Waals surface area contributed by atoms with Crippen LogP contribution < -0.4 is 0 Å². The maximum atomic E-state index is 11.7. The maximum absolute atomic E-state index is 11.7. The Bertz CT molecular complexity index is 207. The molecule has 0 fully saturated rings. The topological polar surface area (TPSA) is 40.5 Å². The van der Waals surface area contributed by atoms with Crippen molar-refractivity contribution < 1.29 is 36.2 Å². The minimum absolute atomic E-state index is 0.234. The van der Waals surface area contributed by atoms with E-state index in [2.05, 4.69) is 0 Å². The van der Waals surface area contributed by atoms with Crippen molar-refractivity contribution in [2.24, 2.45) is 0 Å². The monoisotopic (exact) mass is 239 g/mol. The van der Waals surface area contributed by atoms with Gasteiger partial charge in [-0.3, -0.25) is 9.69 Å². The molecule has 0 saturated carbocycles. The number of carboxylic acid groups (broad SMARTS) is 1. The second-order valence-electron chi connectivity index (χ2n) is 2.77. The van der Waals surface area contributed by atoms with Gasteiger partial charge in [-0.2, -0.15) is 26.3 Å². The van der Waals surface area contributed by atoms with Crippen LogP contribution in [0.4, 0.5) is 26.3 Å². The Morgan fingerprint density at radius 1 is 1.00 bits per heavy atom. The minimum atomic E-state index is -4.86. The molecule has 90 valence electrons. The third-order valence-corrected chi connectivity index (χ3v) is 1.16. The Balaban J connectivity index is 4.39. The van der Waals surface area contributed by atoms with Crippen molar-refractivity contribution in [1.29, 1.82) is 0 Å². The molecule has 0 unspecified atom stereocenters. The average Bonchev–Trinajstić information content (AvgIpc) is 1.73. The molecule has 0 spiro atoms. The van der Waals surface area contributed by atoms with Crippen LogP contribution in [0.15, 0.2) is 0 Å². The van der Waals surface area contributed by atoms with Gasteiger partial charge in [0.2, 0.25) is 0 Å². The van der Waals surface area contributed by atoms with E-state index in [0.717, 1.165) is 0 Å². The van der Waals surface area contributed by atoms with Gasteiger partial charge in [0.25, 0.3) is 0 Å². The summed E-state index contributed by atoms with van der Waals surface area (Å²) in [5, 5.41) is 8.10. The predicted molar refractivity (Wildman–Crippen MR) is 36.2 cm³/mol. The number of rotatable bonds is 4. The molecule has 0 heterocycles. The highest BCUT2D eigenvalue weighted by Crippen LogP contribution is 2.21. The summed E-state index contributed by atoms with van der Waals surface area (Å²) >= 11 is 0. The molecule has 0 aliphatic heterocycles. The van der Waals surface area contributed by atoms with Gasteiger partial charge in [-0.05, 0) is 0 Å². The van der Waals surface area contributed by atoms with E-state index in [9.17, 15) is 31.1 Å². The molecule has 0 amide bonds. The molecular weight excluding hydrogens is 232 g/mol. The number of halogens is 6. The molecular formula is C6H7F6NO2. The predicted octanol–water partition coefficient (Wildman–Crippen LogP) is 1.50. The van der Waals surface area contributed by atoms with Crippen LogP contribution in [-0.2, 0) is 4.79 Å². The molecule has 0 bridgehead atoms. The minimum Gasteiger partial charge on any atom is -0.480 e. The summed E-state index contributed by atoms with van der Waals surface area (Å²) in [7, 11) is 0. The van der Waals surface area contributed by atoms with Crippen LogP contribution in [0.5, 0.6) is 0 Å². The summed E-state index contributed by atoms with van der Waals surface area (Å²) in [6.07, 6.45) is -9.72. The smallest absolute Gasteiger partial charge is 0.401 e. The van der Waals surface area contributed by atoms with E-state index in [1.165, 1.54) is 0 Å². The fourth-order valence-corrected chi connectivity index (χ4v) is 0.866. The van der Waals surface area contributed by atoms with Gasteiger partial charge in [-0.25, -0.2) is 0 Å². The van der Waals surface area contributed by atoms with Crippen LogP contribution in [0.2, 0.25) is 0 Å². The molecule has 0 aromatic heterocycles. The average molecular weight is 239 g/mol. The van der Waals surface area contributed by atoms with Crippen LogP contribution in [0.1, 0.15) is 0 Å². The van der Waals surface area contributed by atoms with Gasteiger partial charge in [0.15, 0.2) is 0 Å². The van der Waals surface area contributed by atoms with Crippen LogP contribution in [0.25, 0.3) is 0 Å². The van der Waals surface area contributed by atoms with Crippen molar-refractivity contribution >= 4 is 5.97 Å². The lowest BCUT2D eigenvalue weighted by molar-refractivity contribution is -0.182. The highest BCUT2D eigenvalue weighted by Gasteiger charge is 2.37. The summed E-state index contributed by atoms with van der Waals surface area (Å²) in [5.41, 5.74) is 0. The first-order valence-corrected chi connectivity index (χ1v) is 3.57. The Hall–Kier alpha value is -0.990. The van der Waals surface area contributed by atoms with Gasteiger partial charge in [0.1, 0.15) is 0 Å². The Morgan fingerprint density at radius 3 is 1.53 bits per heavy atom. The molecule has 0 rings (SSSR count). The van der Waals surface area contributed by atoms with Crippen molar-refractivity contribution in [3.05, 3.63) is 0 Å². The fraction of sp³-hybridized carbons (Fsp3) is 0.833. The van der Waals surface area contributed by atoms with E-state index in [1.54, 1.807) is 0 Å². The van der Waals surface area contributed by atoms with Crippen LogP contribution in [0.3, 0.4) is 0 Å². The van der Waals surface area contributed by atoms with Crippen LogP contribution in [0, 0.1) is 0 Å². The fourth-order valence-electron chi connectivity index (χ4n) is 0.866. The Morgan fingerprint density at radius 2 is 1.33 bits per heavy atom. The summed E-state index contributed by atoms with van der Waals surface area (Å²) in [4.78, 5) is 9.77. The lowest BCUT2D eigenvalue weighted by Crippen LogP contribution is -2.43. The summed E-state index contributed by atoms with van der Waals surface area (Å²) in [6.45, 7) is -5.11.